The predicted molar refractivity (Wildman–Crippen MR) is 58.9 cm³/mol. The number of hydrogen-bond acceptors (Lipinski definition) is 2. The van der Waals surface area contributed by atoms with E-state index in [0.29, 0.717) is 6.61 Å². The molecule has 0 amide bonds. The van der Waals surface area contributed by atoms with E-state index < -0.39 is 17.2 Å². The van der Waals surface area contributed by atoms with Gasteiger partial charge in [0.25, 0.3) is 0 Å². The molecule has 1 aromatic rings. The van der Waals surface area contributed by atoms with Crippen molar-refractivity contribution in [2.75, 3.05) is 6.61 Å². The molecule has 0 saturated heterocycles. The molecule has 16 heavy (non-hydrogen) atoms. The Bertz CT molecular complexity index is 353. The highest BCUT2D eigenvalue weighted by Crippen LogP contribution is 2.13. The van der Waals surface area contributed by atoms with Gasteiger partial charge in [0, 0.05) is 11.1 Å². The molecule has 0 aliphatic heterocycles. The first kappa shape index (κ1) is 13.1. The van der Waals surface area contributed by atoms with E-state index in [2.05, 4.69) is 0 Å². The highest BCUT2D eigenvalue weighted by molar-refractivity contribution is 5.17. The Morgan fingerprint density at radius 1 is 1.38 bits per heavy atom. The Balaban J connectivity index is 2.53. The molecule has 0 bridgehead atoms. The van der Waals surface area contributed by atoms with Crippen LogP contribution in [0.3, 0.4) is 0 Å². The van der Waals surface area contributed by atoms with E-state index in [1.807, 2.05) is 13.8 Å². The summed E-state index contributed by atoms with van der Waals surface area (Å²) >= 11 is 0. The molecule has 4 heteroatoms. The van der Waals surface area contributed by atoms with E-state index in [0.717, 1.165) is 12.5 Å². The van der Waals surface area contributed by atoms with Crippen LogP contribution in [0.2, 0.25) is 0 Å². The van der Waals surface area contributed by atoms with Crippen LogP contribution in [-0.2, 0) is 11.3 Å². The van der Waals surface area contributed by atoms with Crippen molar-refractivity contribution in [1.82, 2.24) is 0 Å². The van der Waals surface area contributed by atoms with Crippen molar-refractivity contribution in [3.05, 3.63) is 35.4 Å². The lowest BCUT2D eigenvalue weighted by Crippen LogP contribution is -2.40. The Morgan fingerprint density at radius 3 is 2.69 bits per heavy atom. The fourth-order valence-electron chi connectivity index (χ4n) is 1.16. The normalized spacial score (nSPS) is 14.8. The van der Waals surface area contributed by atoms with Crippen LogP contribution < -0.4 is 5.73 Å². The van der Waals surface area contributed by atoms with E-state index in [-0.39, 0.29) is 12.2 Å². The van der Waals surface area contributed by atoms with Gasteiger partial charge in [-0.15, -0.1) is 0 Å². The van der Waals surface area contributed by atoms with Gasteiger partial charge in [0.15, 0.2) is 11.6 Å². The summed E-state index contributed by atoms with van der Waals surface area (Å²) in [7, 11) is 0. The molecular weight excluding hydrogens is 212 g/mol. The van der Waals surface area contributed by atoms with Gasteiger partial charge in [0.1, 0.15) is 0 Å². The van der Waals surface area contributed by atoms with E-state index >= 15 is 0 Å². The third-order valence-corrected chi connectivity index (χ3v) is 2.53. The molecule has 1 unspecified atom stereocenters. The van der Waals surface area contributed by atoms with Crippen molar-refractivity contribution in [1.29, 1.82) is 0 Å². The third-order valence-electron chi connectivity index (χ3n) is 2.53. The Hall–Kier alpha value is -1.00. The topological polar surface area (TPSA) is 35.2 Å². The number of rotatable bonds is 5. The van der Waals surface area contributed by atoms with Crippen molar-refractivity contribution in [2.45, 2.75) is 32.4 Å². The summed E-state index contributed by atoms with van der Waals surface area (Å²) in [6.07, 6.45) is 0.763. The number of ether oxygens (including phenoxy) is 1. The lowest BCUT2D eigenvalue weighted by molar-refractivity contribution is 0.0756. The second-order valence-electron chi connectivity index (χ2n) is 4.21. The first-order chi connectivity index (χ1) is 7.46. The van der Waals surface area contributed by atoms with Gasteiger partial charge >= 0.3 is 0 Å². The van der Waals surface area contributed by atoms with E-state index in [1.54, 1.807) is 0 Å². The van der Waals surface area contributed by atoms with Crippen LogP contribution in [0.5, 0.6) is 0 Å². The van der Waals surface area contributed by atoms with Gasteiger partial charge < -0.3 is 10.5 Å². The van der Waals surface area contributed by atoms with Crippen molar-refractivity contribution in [2.24, 2.45) is 5.73 Å². The minimum atomic E-state index is -0.855. The van der Waals surface area contributed by atoms with Gasteiger partial charge in [-0.25, -0.2) is 8.78 Å². The zero-order chi connectivity index (χ0) is 12.2. The summed E-state index contributed by atoms with van der Waals surface area (Å²) in [5.41, 5.74) is 5.64. The number of halogens is 2. The molecule has 0 radical (unpaired) electrons. The van der Waals surface area contributed by atoms with Gasteiger partial charge in [0.05, 0.1) is 13.2 Å². The van der Waals surface area contributed by atoms with E-state index in [1.165, 1.54) is 12.1 Å². The first-order valence-corrected chi connectivity index (χ1v) is 5.26. The second kappa shape index (κ2) is 5.37. The molecular formula is C12H17F2NO. The Kier molecular flexibility index (Phi) is 4.38. The molecule has 1 atom stereocenters. The summed E-state index contributed by atoms with van der Waals surface area (Å²) in [6, 6.07) is 4.04. The maximum Gasteiger partial charge on any atom is 0.164 e. The molecule has 1 rings (SSSR count). The SMILES string of the molecule is CCC(C)(N)COCc1cccc(F)c1F. The van der Waals surface area contributed by atoms with Gasteiger partial charge in [-0.1, -0.05) is 19.1 Å². The first-order valence-electron chi connectivity index (χ1n) is 5.26. The molecule has 2 N–H and O–H groups in total. The van der Waals surface area contributed by atoms with Crippen LogP contribution in [0, 0.1) is 11.6 Å². The lowest BCUT2D eigenvalue weighted by atomic mass is 10.0. The van der Waals surface area contributed by atoms with Gasteiger partial charge in [-0.05, 0) is 19.4 Å². The van der Waals surface area contributed by atoms with Gasteiger partial charge in [0.2, 0.25) is 0 Å². The average molecular weight is 229 g/mol. The average Bonchev–Trinajstić information content (AvgIpc) is 2.24. The van der Waals surface area contributed by atoms with Crippen molar-refractivity contribution in [3.8, 4) is 0 Å². The van der Waals surface area contributed by atoms with Crippen molar-refractivity contribution in [3.63, 3.8) is 0 Å². The number of hydrogen-bond donors (Lipinski definition) is 1. The second-order valence-corrected chi connectivity index (χ2v) is 4.21. The fourth-order valence-corrected chi connectivity index (χ4v) is 1.16. The summed E-state index contributed by atoms with van der Waals surface area (Å²) in [4.78, 5) is 0. The third kappa shape index (κ3) is 3.54. The van der Waals surface area contributed by atoms with Crippen LogP contribution in [-0.4, -0.2) is 12.1 Å². The smallest absolute Gasteiger partial charge is 0.164 e. The molecule has 90 valence electrons. The van der Waals surface area contributed by atoms with Crippen LogP contribution in [0.1, 0.15) is 25.8 Å². The Morgan fingerprint density at radius 2 is 2.06 bits per heavy atom. The van der Waals surface area contributed by atoms with Crippen LogP contribution >= 0.6 is 0 Å². The van der Waals surface area contributed by atoms with Gasteiger partial charge in [-0.3, -0.25) is 0 Å². The molecule has 0 heterocycles. The molecule has 0 saturated carbocycles. The summed E-state index contributed by atoms with van der Waals surface area (Å²) < 4.78 is 31.3. The summed E-state index contributed by atoms with van der Waals surface area (Å²) in [5.74, 6) is -1.70. The predicted octanol–water partition coefficient (Wildman–Crippen LogP) is 2.61. The molecule has 2 nitrogen and oxygen atoms in total. The van der Waals surface area contributed by atoms with Crippen molar-refractivity contribution >= 4 is 0 Å². The maximum absolute atomic E-state index is 13.2. The monoisotopic (exact) mass is 229 g/mol. The lowest BCUT2D eigenvalue weighted by Gasteiger charge is -2.22. The molecule has 0 aliphatic rings. The van der Waals surface area contributed by atoms with Gasteiger partial charge in [-0.2, -0.15) is 0 Å². The summed E-state index contributed by atoms with van der Waals surface area (Å²) in [6.45, 7) is 4.16. The molecule has 0 spiro atoms. The zero-order valence-electron chi connectivity index (χ0n) is 9.59. The quantitative estimate of drug-likeness (QED) is 0.842. The van der Waals surface area contributed by atoms with Crippen molar-refractivity contribution < 1.29 is 13.5 Å². The molecule has 0 aliphatic carbocycles. The van der Waals surface area contributed by atoms with Crippen LogP contribution in [0.15, 0.2) is 18.2 Å². The molecule has 0 aromatic heterocycles. The highest BCUT2D eigenvalue weighted by Gasteiger charge is 2.16. The maximum atomic E-state index is 13.2. The minimum absolute atomic E-state index is 0.0381. The highest BCUT2D eigenvalue weighted by atomic mass is 19.2. The number of benzene rings is 1. The summed E-state index contributed by atoms with van der Waals surface area (Å²) in [5, 5.41) is 0. The van der Waals surface area contributed by atoms with Crippen LogP contribution in [0.25, 0.3) is 0 Å². The standard InChI is InChI=1S/C12H17F2NO/c1-3-12(2,15)8-16-7-9-5-4-6-10(13)11(9)14/h4-6H,3,7-8,15H2,1-2H3. The fraction of sp³-hybridized carbons (Fsp3) is 0.500. The Labute approximate surface area is 94.4 Å². The number of nitrogens with two attached hydrogens (primary N) is 1. The van der Waals surface area contributed by atoms with Crippen LogP contribution in [0.4, 0.5) is 8.78 Å². The largest absolute Gasteiger partial charge is 0.375 e. The zero-order valence-corrected chi connectivity index (χ0v) is 9.59. The van der Waals surface area contributed by atoms with E-state index in [4.69, 9.17) is 10.5 Å². The molecule has 1 aromatic carbocycles. The molecule has 0 fully saturated rings. The minimum Gasteiger partial charge on any atom is -0.375 e. The van der Waals surface area contributed by atoms with E-state index in [9.17, 15) is 8.78 Å².